The molecule has 2 rings (SSSR count). The van der Waals surface area contributed by atoms with Crippen LogP contribution in [0.25, 0.3) is 5.83 Å². The van der Waals surface area contributed by atoms with Gasteiger partial charge in [-0.3, -0.25) is 0 Å². The van der Waals surface area contributed by atoms with Crippen molar-refractivity contribution < 1.29 is 30.7 Å². The van der Waals surface area contributed by atoms with Crippen LogP contribution in [0.1, 0.15) is 16.7 Å². The van der Waals surface area contributed by atoms with Gasteiger partial charge in [-0.2, -0.15) is 13.2 Å². The Labute approximate surface area is 90.4 Å². The Hall–Kier alpha value is -1.53. The minimum absolute atomic E-state index is 0.167. The Kier molecular flexibility index (Phi) is 2.44. The average molecular weight is 255 g/mol. The fourth-order valence-corrected chi connectivity index (χ4v) is 1.51. The van der Waals surface area contributed by atoms with Crippen LogP contribution in [0.3, 0.4) is 0 Å². The summed E-state index contributed by atoms with van der Waals surface area (Å²) in [5.74, 6) is -7.52. The molecule has 0 N–H and O–H groups in total. The van der Waals surface area contributed by atoms with Gasteiger partial charge in [0.2, 0.25) is 0 Å². The van der Waals surface area contributed by atoms with E-state index < -0.39 is 46.2 Å². The van der Waals surface area contributed by atoms with E-state index in [1.165, 1.54) is 0 Å². The maximum atomic E-state index is 13.2. The zero-order chi connectivity index (χ0) is 13.0. The molecule has 1 aliphatic carbocycles. The van der Waals surface area contributed by atoms with Crippen molar-refractivity contribution in [3.05, 3.63) is 46.6 Å². The fourth-order valence-electron chi connectivity index (χ4n) is 1.51. The number of fused-ring (bicyclic) bond motifs is 1. The summed E-state index contributed by atoms with van der Waals surface area (Å²) in [6, 6.07) is 0.167. The normalized spacial score (nSPS) is 15.5. The van der Waals surface area contributed by atoms with E-state index in [2.05, 4.69) is 0 Å². The molecule has 0 bridgehead atoms. The van der Waals surface area contributed by atoms with Crippen LogP contribution in [0.15, 0.2) is 11.9 Å². The van der Waals surface area contributed by atoms with Crippen LogP contribution >= 0.6 is 0 Å². The molecule has 0 amide bonds. The maximum absolute atomic E-state index is 13.2. The molecule has 91 valence electrons. The number of hydrogen-bond acceptors (Lipinski definition) is 0. The van der Waals surface area contributed by atoms with Gasteiger partial charge >= 0.3 is 6.18 Å². The summed E-state index contributed by atoms with van der Waals surface area (Å²) in [5, 5.41) is 0. The van der Waals surface area contributed by atoms with Gasteiger partial charge in [0.1, 0.15) is 5.83 Å². The first kappa shape index (κ1) is 11.9. The van der Waals surface area contributed by atoms with Gasteiger partial charge in [-0.25, -0.2) is 17.6 Å². The summed E-state index contributed by atoms with van der Waals surface area (Å²) in [5.41, 5.74) is -3.69. The molecule has 0 spiro atoms. The zero-order valence-corrected chi connectivity index (χ0v) is 7.80. The third kappa shape index (κ3) is 1.69. The highest BCUT2D eigenvalue weighted by molar-refractivity contribution is 5.75. The van der Waals surface area contributed by atoms with Crippen molar-refractivity contribution >= 4 is 5.83 Å². The van der Waals surface area contributed by atoms with E-state index in [0.717, 1.165) is 0 Å². The molecule has 0 heterocycles. The van der Waals surface area contributed by atoms with Crippen LogP contribution < -0.4 is 0 Å². The Bertz CT molecular complexity index is 524. The molecule has 1 aliphatic rings. The lowest BCUT2D eigenvalue weighted by molar-refractivity contribution is -0.140. The Morgan fingerprint density at radius 2 is 1.47 bits per heavy atom. The van der Waals surface area contributed by atoms with Crippen molar-refractivity contribution in [2.75, 3.05) is 0 Å². The van der Waals surface area contributed by atoms with Gasteiger partial charge in [0.05, 0.1) is 17.5 Å². The molecule has 0 aliphatic heterocycles. The summed E-state index contributed by atoms with van der Waals surface area (Å²) in [6.45, 7) is 0. The highest BCUT2D eigenvalue weighted by Gasteiger charge is 2.39. The van der Waals surface area contributed by atoms with Crippen molar-refractivity contribution in [3.63, 3.8) is 0 Å². The summed E-state index contributed by atoms with van der Waals surface area (Å²) in [4.78, 5) is 0. The molecule has 1 radical (unpaired) electrons. The van der Waals surface area contributed by atoms with Crippen LogP contribution in [0.2, 0.25) is 0 Å². The standard InChI is InChI=1S/C10H2F7/c11-5-2-3-1-4(10(15,16)17)7(12)9(14)6(3)8(5)13/h1-2H. The monoisotopic (exact) mass is 255 g/mol. The lowest BCUT2D eigenvalue weighted by Crippen LogP contribution is -2.11. The molecule has 0 aromatic heterocycles. The van der Waals surface area contributed by atoms with Crippen molar-refractivity contribution in [3.8, 4) is 0 Å². The summed E-state index contributed by atoms with van der Waals surface area (Å²) >= 11 is 0. The number of allylic oxidation sites excluding steroid dienone is 1. The second-order valence-electron chi connectivity index (χ2n) is 3.32. The van der Waals surface area contributed by atoms with Gasteiger partial charge in [0, 0.05) is 0 Å². The van der Waals surface area contributed by atoms with E-state index in [4.69, 9.17) is 0 Å². The number of halogens is 7. The molecule has 7 heteroatoms. The topological polar surface area (TPSA) is 0 Å². The van der Waals surface area contributed by atoms with Gasteiger partial charge in [-0.05, 0) is 11.6 Å². The zero-order valence-electron chi connectivity index (χ0n) is 7.80. The second-order valence-corrected chi connectivity index (χ2v) is 3.32. The minimum atomic E-state index is -5.14. The lowest BCUT2D eigenvalue weighted by Gasteiger charge is -2.11. The van der Waals surface area contributed by atoms with E-state index in [1.54, 1.807) is 0 Å². The van der Waals surface area contributed by atoms with Crippen LogP contribution in [-0.4, -0.2) is 0 Å². The van der Waals surface area contributed by atoms with E-state index in [-0.39, 0.29) is 6.07 Å². The minimum Gasteiger partial charge on any atom is -0.208 e. The highest BCUT2D eigenvalue weighted by atomic mass is 19.4. The average Bonchev–Trinajstić information content (AvgIpc) is 2.47. The largest absolute Gasteiger partial charge is 0.419 e. The van der Waals surface area contributed by atoms with E-state index in [1.807, 2.05) is 0 Å². The third-order valence-electron chi connectivity index (χ3n) is 2.25. The Morgan fingerprint density at radius 3 is 2.00 bits per heavy atom. The molecule has 17 heavy (non-hydrogen) atoms. The molecule has 0 saturated heterocycles. The van der Waals surface area contributed by atoms with Gasteiger partial charge in [0.25, 0.3) is 0 Å². The lowest BCUT2D eigenvalue weighted by atomic mass is 10.0. The first-order chi connectivity index (χ1) is 7.73. The van der Waals surface area contributed by atoms with Crippen molar-refractivity contribution in [2.24, 2.45) is 0 Å². The number of hydrogen-bond donors (Lipinski definition) is 0. The van der Waals surface area contributed by atoms with Crippen molar-refractivity contribution in [1.29, 1.82) is 0 Å². The summed E-state index contributed by atoms with van der Waals surface area (Å²) in [6.07, 6.45) is -4.76. The highest BCUT2D eigenvalue weighted by Crippen LogP contribution is 2.42. The van der Waals surface area contributed by atoms with E-state index in [9.17, 15) is 30.7 Å². The van der Waals surface area contributed by atoms with Crippen LogP contribution in [0, 0.1) is 18.1 Å². The van der Waals surface area contributed by atoms with Crippen LogP contribution in [0.5, 0.6) is 0 Å². The first-order valence-electron chi connectivity index (χ1n) is 4.23. The summed E-state index contributed by atoms with van der Waals surface area (Å²) < 4.78 is 88.7. The number of alkyl halides is 3. The van der Waals surface area contributed by atoms with Crippen molar-refractivity contribution in [1.82, 2.24) is 0 Å². The fraction of sp³-hybridized carbons (Fsp3) is 0.100. The first-order valence-corrected chi connectivity index (χ1v) is 4.23. The van der Waals surface area contributed by atoms with Crippen LogP contribution in [0.4, 0.5) is 30.7 Å². The second kappa shape index (κ2) is 3.48. The maximum Gasteiger partial charge on any atom is 0.419 e. The number of rotatable bonds is 0. The summed E-state index contributed by atoms with van der Waals surface area (Å²) in [7, 11) is 0. The van der Waals surface area contributed by atoms with Gasteiger partial charge < -0.3 is 0 Å². The predicted octanol–water partition coefficient (Wildman–Crippen LogP) is 4.16. The van der Waals surface area contributed by atoms with E-state index >= 15 is 0 Å². The molecule has 1 aromatic rings. The Morgan fingerprint density at radius 1 is 0.882 bits per heavy atom. The van der Waals surface area contributed by atoms with Gasteiger partial charge in [-0.15, -0.1) is 0 Å². The van der Waals surface area contributed by atoms with Gasteiger partial charge in [-0.1, -0.05) is 0 Å². The Balaban J connectivity index is 2.71. The van der Waals surface area contributed by atoms with E-state index in [0.29, 0.717) is 6.42 Å². The van der Waals surface area contributed by atoms with Crippen LogP contribution in [-0.2, 0) is 6.18 Å². The molecule has 0 fully saturated rings. The smallest absolute Gasteiger partial charge is 0.208 e. The molecular weight excluding hydrogens is 253 g/mol. The van der Waals surface area contributed by atoms with Crippen molar-refractivity contribution in [2.45, 2.75) is 6.18 Å². The molecule has 0 saturated carbocycles. The molecule has 0 unspecified atom stereocenters. The molecular formula is C10H2F7. The third-order valence-corrected chi connectivity index (χ3v) is 2.25. The molecule has 1 aromatic carbocycles. The predicted molar refractivity (Wildman–Crippen MR) is 43.9 cm³/mol. The van der Waals surface area contributed by atoms with Gasteiger partial charge in [0.15, 0.2) is 17.5 Å². The molecule has 0 nitrogen and oxygen atoms in total. The quantitative estimate of drug-likeness (QED) is 0.610. The molecule has 0 atom stereocenters. The number of benzene rings is 1. The SMILES string of the molecule is FC1=C(F)c2c(cc(C(F)(F)F)c(F)c2F)[CH]1.